The van der Waals surface area contributed by atoms with Crippen molar-refractivity contribution in [2.75, 3.05) is 6.54 Å². The Hall–Kier alpha value is -1.49. The summed E-state index contributed by atoms with van der Waals surface area (Å²) in [5.41, 5.74) is 7.82. The van der Waals surface area contributed by atoms with Gasteiger partial charge in [-0.1, -0.05) is 25.9 Å². The number of nitrogens with zero attached hydrogens (tertiary/aromatic N) is 4. The first-order valence-corrected chi connectivity index (χ1v) is 5.47. The minimum atomic E-state index is -1.46. The number of hydrogen-bond acceptors (Lipinski definition) is 2. The van der Waals surface area contributed by atoms with Crippen molar-refractivity contribution >= 4 is 6.09 Å². The number of alkyl halides is 1. The lowest BCUT2D eigenvalue weighted by molar-refractivity contribution is -0.00183. The molecule has 0 aromatic rings. The van der Waals surface area contributed by atoms with Gasteiger partial charge >= 0.3 is 6.09 Å². The Balaban J connectivity index is 3.03. The second-order valence-corrected chi connectivity index (χ2v) is 5.29. The number of halogens is 1. The molecule has 1 aliphatic rings. The van der Waals surface area contributed by atoms with Crippen LogP contribution in [0.4, 0.5) is 9.18 Å². The minimum Gasteiger partial charge on any atom is -0.465 e. The molecule has 1 unspecified atom stereocenters. The zero-order valence-electron chi connectivity index (χ0n) is 10.2. The quantitative estimate of drug-likeness (QED) is 0.436. The van der Waals surface area contributed by atoms with Crippen molar-refractivity contribution < 1.29 is 14.3 Å². The van der Waals surface area contributed by atoms with Gasteiger partial charge in [0.15, 0.2) is 0 Å². The zero-order chi connectivity index (χ0) is 13.2. The maximum Gasteiger partial charge on any atom is 0.407 e. The second kappa shape index (κ2) is 4.79. The largest absolute Gasteiger partial charge is 0.465 e. The topological polar surface area (TPSA) is 89.3 Å². The van der Waals surface area contributed by atoms with E-state index in [1.807, 2.05) is 0 Å². The van der Waals surface area contributed by atoms with Gasteiger partial charge in [-0.2, -0.15) is 0 Å². The maximum absolute atomic E-state index is 14.2. The Morgan fingerprint density at radius 1 is 1.59 bits per heavy atom. The van der Waals surface area contributed by atoms with Crippen molar-refractivity contribution in [2.45, 2.75) is 45.4 Å². The lowest BCUT2D eigenvalue weighted by atomic mass is 9.78. The molecule has 1 rings (SSSR count). The monoisotopic (exact) mass is 244 g/mol. The van der Waals surface area contributed by atoms with Crippen LogP contribution in [0.25, 0.3) is 10.4 Å². The van der Waals surface area contributed by atoms with Crippen molar-refractivity contribution in [3.63, 3.8) is 0 Å². The van der Waals surface area contributed by atoms with E-state index in [9.17, 15) is 9.18 Å². The molecule has 0 aliphatic carbocycles. The van der Waals surface area contributed by atoms with Gasteiger partial charge in [-0.15, -0.1) is 0 Å². The molecular formula is C10H17FN4O2. The molecule has 1 N–H and O–H groups in total. The standard InChI is InChI=1S/C10H17FN4O2/c1-10(2,3)8-7(11)6(13-14-12)4-5-15(8)9(16)17/h6-8H,4-5H2,1-3H3,(H,16,17)/t6-,7+,8?/m0/s1. The number of likely N-dealkylation sites (tertiary alicyclic amines) is 1. The molecule has 3 atom stereocenters. The van der Waals surface area contributed by atoms with Crippen LogP contribution in [0.5, 0.6) is 0 Å². The van der Waals surface area contributed by atoms with Crippen molar-refractivity contribution in [3.05, 3.63) is 10.4 Å². The minimum absolute atomic E-state index is 0.196. The number of hydrogen-bond donors (Lipinski definition) is 1. The van der Waals surface area contributed by atoms with E-state index in [4.69, 9.17) is 10.6 Å². The van der Waals surface area contributed by atoms with E-state index in [-0.39, 0.29) is 13.0 Å². The van der Waals surface area contributed by atoms with Crippen LogP contribution in [0.15, 0.2) is 5.11 Å². The average molecular weight is 244 g/mol. The Bertz CT molecular complexity index is 349. The first kappa shape index (κ1) is 13.6. The lowest BCUT2D eigenvalue weighted by Crippen LogP contribution is -2.59. The molecule has 0 radical (unpaired) electrons. The highest BCUT2D eigenvalue weighted by Gasteiger charge is 2.46. The summed E-state index contributed by atoms with van der Waals surface area (Å²) < 4.78 is 14.2. The third-order valence-electron chi connectivity index (χ3n) is 3.00. The van der Waals surface area contributed by atoms with Crippen LogP contribution in [0.3, 0.4) is 0 Å². The molecule has 0 bridgehead atoms. The van der Waals surface area contributed by atoms with Crippen LogP contribution < -0.4 is 0 Å². The van der Waals surface area contributed by atoms with Gasteiger partial charge < -0.3 is 10.0 Å². The summed E-state index contributed by atoms with van der Waals surface area (Å²) in [4.78, 5) is 14.8. The molecule has 1 amide bonds. The summed E-state index contributed by atoms with van der Waals surface area (Å²) in [5.74, 6) is 0. The fourth-order valence-electron chi connectivity index (χ4n) is 2.30. The first-order valence-electron chi connectivity index (χ1n) is 5.47. The zero-order valence-corrected chi connectivity index (χ0v) is 10.2. The smallest absolute Gasteiger partial charge is 0.407 e. The molecule has 0 aromatic heterocycles. The third-order valence-corrected chi connectivity index (χ3v) is 3.00. The molecule has 0 spiro atoms. The van der Waals surface area contributed by atoms with Crippen molar-refractivity contribution in [1.29, 1.82) is 0 Å². The van der Waals surface area contributed by atoms with Gasteiger partial charge in [-0.25, -0.2) is 9.18 Å². The molecule has 1 saturated heterocycles. The predicted molar refractivity (Wildman–Crippen MR) is 60.4 cm³/mol. The molecule has 7 heteroatoms. The van der Waals surface area contributed by atoms with Gasteiger partial charge in [-0.3, -0.25) is 0 Å². The van der Waals surface area contributed by atoms with E-state index in [0.717, 1.165) is 4.90 Å². The highest BCUT2D eigenvalue weighted by molar-refractivity contribution is 5.66. The Morgan fingerprint density at radius 2 is 2.18 bits per heavy atom. The number of rotatable bonds is 1. The number of piperidine rings is 1. The summed E-state index contributed by atoms with van der Waals surface area (Å²) in [6.45, 7) is 5.53. The normalized spacial score (nSPS) is 29.6. The van der Waals surface area contributed by atoms with E-state index in [1.54, 1.807) is 20.8 Å². The van der Waals surface area contributed by atoms with E-state index >= 15 is 0 Å². The lowest BCUT2D eigenvalue weighted by Gasteiger charge is -2.45. The Kier molecular flexibility index (Phi) is 3.83. The van der Waals surface area contributed by atoms with Crippen LogP contribution in [0.1, 0.15) is 27.2 Å². The van der Waals surface area contributed by atoms with Gasteiger partial charge in [0.2, 0.25) is 0 Å². The van der Waals surface area contributed by atoms with E-state index in [2.05, 4.69) is 10.0 Å². The van der Waals surface area contributed by atoms with Crippen LogP contribution in [0, 0.1) is 5.41 Å². The first-order chi connectivity index (χ1) is 7.79. The van der Waals surface area contributed by atoms with Crippen molar-refractivity contribution in [1.82, 2.24) is 4.90 Å². The molecule has 1 aliphatic heterocycles. The van der Waals surface area contributed by atoms with E-state index in [1.165, 1.54) is 0 Å². The second-order valence-electron chi connectivity index (χ2n) is 5.29. The van der Waals surface area contributed by atoms with Gasteiger partial charge in [0, 0.05) is 11.5 Å². The van der Waals surface area contributed by atoms with E-state index in [0.29, 0.717) is 0 Å². The predicted octanol–water partition coefficient (Wildman–Crippen LogP) is 2.80. The molecule has 1 fully saturated rings. The molecule has 96 valence electrons. The fraction of sp³-hybridized carbons (Fsp3) is 0.900. The highest BCUT2D eigenvalue weighted by atomic mass is 19.1. The number of amides is 1. The van der Waals surface area contributed by atoms with Crippen LogP contribution in [-0.2, 0) is 0 Å². The highest BCUT2D eigenvalue weighted by Crippen LogP contribution is 2.35. The summed E-state index contributed by atoms with van der Waals surface area (Å²) >= 11 is 0. The van der Waals surface area contributed by atoms with Crippen molar-refractivity contribution in [2.24, 2.45) is 10.5 Å². The summed E-state index contributed by atoms with van der Waals surface area (Å²) in [7, 11) is 0. The van der Waals surface area contributed by atoms with Crippen LogP contribution in [-0.4, -0.2) is 40.9 Å². The Labute approximate surface area is 99.0 Å². The number of carbonyl (C=O) groups is 1. The summed E-state index contributed by atoms with van der Waals surface area (Å²) in [6.07, 6.45) is -2.37. The molecule has 6 nitrogen and oxygen atoms in total. The van der Waals surface area contributed by atoms with Crippen LogP contribution >= 0.6 is 0 Å². The van der Waals surface area contributed by atoms with Crippen molar-refractivity contribution in [3.8, 4) is 0 Å². The molecule has 0 saturated carbocycles. The van der Waals surface area contributed by atoms with Gasteiger partial charge in [0.1, 0.15) is 6.17 Å². The molecule has 17 heavy (non-hydrogen) atoms. The summed E-state index contributed by atoms with van der Waals surface area (Å²) in [6, 6.07) is -1.57. The van der Waals surface area contributed by atoms with Crippen LogP contribution in [0.2, 0.25) is 0 Å². The van der Waals surface area contributed by atoms with Gasteiger partial charge in [-0.05, 0) is 17.4 Å². The van der Waals surface area contributed by atoms with Gasteiger partial charge in [0.05, 0.1) is 12.1 Å². The fourth-order valence-corrected chi connectivity index (χ4v) is 2.30. The number of carboxylic acid groups (broad SMARTS) is 1. The molecule has 0 aromatic carbocycles. The SMILES string of the molecule is CC(C)(C)C1[C@H](F)[C@@H](N=[N+]=[N-])CCN1C(=O)O. The maximum atomic E-state index is 14.2. The number of azide groups is 1. The van der Waals surface area contributed by atoms with Gasteiger partial charge in [0.25, 0.3) is 0 Å². The molecular weight excluding hydrogens is 227 g/mol. The Morgan fingerprint density at radius 3 is 2.59 bits per heavy atom. The summed E-state index contributed by atoms with van der Waals surface area (Å²) in [5, 5.41) is 12.5. The average Bonchev–Trinajstić information content (AvgIpc) is 2.18. The van der Waals surface area contributed by atoms with E-state index < -0.39 is 29.8 Å². The molecule has 1 heterocycles. The third kappa shape index (κ3) is 2.79.